The van der Waals surface area contributed by atoms with Crippen molar-refractivity contribution in [3.05, 3.63) is 59.9 Å². The molecule has 1 heterocycles. The van der Waals surface area contributed by atoms with E-state index in [0.29, 0.717) is 11.5 Å². The van der Waals surface area contributed by atoms with Gasteiger partial charge >= 0.3 is 5.97 Å². The quantitative estimate of drug-likeness (QED) is 0.502. The predicted molar refractivity (Wildman–Crippen MR) is 88.7 cm³/mol. The molecule has 0 radical (unpaired) electrons. The van der Waals surface area contributed by atoms with Crippen molar-refractivity contribution in [1.82, 2.24) is 5.43 Å². The van der Waals surface area contributed by atoms with Gasteiger partial charge in [-0.15, -0.1) is 0 Å². The van der Waals surface area contributed by atoms with Crippen LogP contribution in [0.25, 0.3) is 11.3 Å². The van der Waals surface area contributed by atoms with Crippen LogP contribution in [0.2, 0.25) is 0 Å². The number of carboxylic acids is 1. The summed E-state index contributed by atoms with van der Waals surface area (Å²) in [6, 6.07) is 9.86. The lowest BCUT2D eigenvalue weighted by Crippen LogP contribution is -2.32. The second kappa shape index (κ2) is 6.54. The SMILES string of the molecule is C=C1CC(C(=O)N/N=C\c2ccc(-c3ccc(C(=O)O)cc3)o2)C1. The highest BCUT2D eigenvalue weighted by atomic mass is 16.4. The summed E-state index contributed by atoms with van der Waals surface area (Å²) in [5.41, 5.74) is 4.55. The van der Waals surface area contributed by atoms with Crippen LogP contribution in [0.5, 0.6) is 0 Å². The van der Waals surface area contributed by atoms with Crippen LogP contribution in [0, 0.1) is 5.92 Å². The van der Waals surface area contributed by atoms with Gasteiger partial charge < -0.3 is 9.52 Å². The summed E-state index contributed by atoms with van der Waals surface area (Å²) in [5, 5.41) is 12.8. The Kier molecular flexibility index (Phi) is 4.29. The van der Waals surface area contributed by atoms with Crippen molar-refractivity contribution < 1.29 is 19.1 Å². The fourth-order valence-electron chi connectivity index (χ4n) is 2.43. The highest BCUT2D eigenvalue weighted by Gasteiger charge is 2.28. The van der Waals surface area contributed by atoms with E-state index in [1.165, 1.54) is 18.3 Å². The van der Waals surface area contributed by atoms with E-state index < -0.39 is 5.97 Å². The van der Waals surface area contributed by atoms with Crippen molar-refractivity contribution in [3.8, 4) is 11.3 Å². The van der Waals surface area contributed by atoms with Gasteiger partial charge in [0.2, 0.25) is 5.91 Å². The van der Waals surface area contributed by atoms with Crippen molar-refractivity contribution in [1.29, 1.82) is 0 Å². The predicted octanol–water partition coefficient (Wildman–Crippen LogP) is 3.06. The normalized spacial score (nSPS) is 14.6. The second-order valence-corrected chi connectivity index (χ2v) is 5.67. The van der Waals surface area contributed by atoms with E-state index in [4.69, 9.17) is 9.52 Å². The molecular formula is C18H16N2O4. The first-order valence-corrected chi connectivity index (χ1v) is 7.46. The second-order valence-electron chi connectivity index (χ2n) is 5.67. The summed E-state index contributed by atoms with van der Waals surface area (Å²) in [4.78, 5) is 22.6. The molecule has 122 valence electrons. The maximum absolute atomic E-state index is 11.7. The average molecular weight is 324 g/mol. The minimum atomic E-state index is -0.973. The van der Waals surface area contributed by atoms with Gasteiger partial charge in [-0.25, -0.2) is 10.2 Å². The van der Waals surface area contributed by atoms with E-state index in [2.05, 4.69) is 17.1 Å². The highest BCUT2D eigenvalue weighted by molar-refractivity contribution is 5.88. The van der Waals surface area contributed by atoms with E-state index in [0.717, 1.165) is 24.0 Å². The summed E-state index contributed by atoms with van der Waals surface area (Å²) in [7, 11) is 0. The van der Waals surface area contributed by atoms with Crippen molar-refractivity contribution >= 4 is 18.1 Å². The molecule has 6 heteroatoms. The molecule has 0 unspecified atom stereocenters. The van der Waals surface area contributed by atoms with E-state index in [-0.39, 0.29) is 17.4 Å². The summed E-state index contributed by atoms with van der Waals surface area (Å²) >= 11 is 0. The molecular weight excluding hydrogens is 308 g/mol. The number of hydrazone groups is 1. The van der Waals surface area contributed by atoms with Crippen LogP contribution in [-0.2, 0) is 4.79 Å². The number of nitrogens with one attached hydrogen (secondary N) is 1. The zero-order valence-electron chi connectivity index (χ0n) is 12.9. The molecule has 2 aromatic rings. The average Bonchev–Trinajstić information content (AvgIpc) is 3.00. The lowest BCUT2D eigenvalue weighted by Gasteiger charge is -2.25. The van der Waals surface area contributed by atoms with Crippen molar-refractivity contribution in [2.24, 2.45) is 11.0 Å². The first-order valence-electron chi connectivity index (χ1n) is 7.46. The third-order valence-electron chi connectivity index (χ3n) is 3.85. The van der Waals surface area contributed by atoms with Crippen LogP contribution < -0.4 is 5.43 Å². The molecule has 0 saturated heterocycles. The van der Waals surface area contributed by atoms with E-state index in [1.807, 2.05) is 0 Å². The molecule has 0 atom stereocenters. The Morgan fingerprint density at radius 2 is 1.92 bits per heavy atom. The Hall–Kier alpha value is -3.15. The van der Waals surface area contributed by atoms with Crippen LogP contribution in [0.3, 0.4) is 0 Å². The number of hydrogen-bond acceptors (Lipinski definition) is 4. The number of rotatable bonds is 5. The van der Waals surface area contributed by atoms with Gasteiger partial charge in [0.25, 0.3) is 0 Å². The topological polar surface area (TPSA) is 91.9 Å². The Morgan fingerprint density at radius 1 is 1.21 bits per heavy atom. The molecule has 1 saturated carbocycles. The molecule has 1 amide bonds. The number of furan rings is 1. The van der Waals surface area contributed by atoms with Crippen molar-refractivity contribution in [2.75, 3.05) is 0 Å². The molecule has 3 rings (SSSR count). The fourth-order valence-corrected chi connectivity index (χ4v) is 2.43. The van der Waals surface area contributed by atoms with Crippen molar-refractivity contribution in [3.63, 3.8) is 0 Å². The molecule has 1 aliphatic carbocycles. The third kappa shape index (κ3) is 3.43. The van der Waals surface area contributed by atoms with Crippen LogP contribution in [-0.4, -0.2) is 23.2 Å². The molecule has 1 fully saturated rings. The number of aromatic carboxylic acids is 1. The summed E-state index contributed by atoms with van der Waals surface area (Å²) in [6.07, 6.45) is 2.87. The summed E-state index contributed by atoms with van der Waals surface area (Å²) in [6.45, 7) is 3.80. The minimum absolute atomic E-state index is 0.0328. The Morgan fingerprint density at radius 3 is 2.54 bits per heavy atom. The van der Waals surface area contributed by atoms with E-state index >= 15 is 0 Å². The van der Waals surface area contributed by atoms with E-state index in [1.54, 1.807) is 24.3 Å². The monoisotopic (exact) mass is 324 g/mol. The molecule has 0 spiro atoms. The van der Waals surface area contributed by atoms with Crippen LogP contribution in [0.1, 0.15) is 29.0 Å². The number of allylic oxidation sites excluding steroid dienone is 1. The van der Waals surface area contributed by atoms with E-state index in [9.17, 15) is 9.59 Å². The van der Waals surface area contributed by atoms with Crippen molar-refractivity contribution in [2.45, 2.75) is 12.8 Å². The first kappa shape index (κ1) is 15.7. The first-order chi connectivity index (χ1) is 11.5. The Bertz CT molecular complexity index is 810. The lowest BCUT2D eigenvalue weighted by molar-refractivity contribution is -0.126. The zero-order chi connectivity index (χ0) is 17.1. The molecule has 0 aliphatic heterocycles. The summed E-state index contributed by atoms with van der Waals surface area (Å²) in [5.74, 6) is -0.0375. The maximum Gasteiger partial charge on any atom is 0.335 e. The lowest BCUT2D eigenvalue weighted by atomic mass is 9.81. The number of amides is 1. The molecule has 24 heavy (non-hydrogen) atoms. The molecule has 1 aromatic carbocycles. The van der Waals surface area contributed by atoms with Gasteiger partial charge in [0.05, 0.1) is 11.8 Å². The van der Waals surface area contributed by atoms with Gasteiger partial charge in [0, 0.05) is 11.5 Å². The molecule has 6 nitrogen and oxygen atoms in total. The maximum atomic E-state index is 11.7. The molecule has 1 aromatic heterocycles. The highest BCUT2D eigenvalue weighted by Crippen LogP contribution is 2.31. The Labute approximate surface area is 138 Å². The minimum Gasteiger partial charge on any atom is -0.478 e. The number of nitrogens with zero attached hydrogens (tertiary/aromatic N) is 1. The van der Waals surface area contributed by atoms with Gasteiger partial charge in [-0.3, -0.25) is 4.79 Å². The molecule has 1 aliphatic rings. The van der Waals surface area contributed by atoms with Gasteiger partial charge in [-0.05, 0) is 37.1 Å². The third-order valence-corrected chi connectivity index (χ3v) is 3.85. The standard InChI is InChI=1S/C18H16N2O4/c1-11-8-14(9-11)17(21)20-19-10-15-6-7-16(24-15)12-2-4-13(5-3-12)18(22)23/h2-7,10,14H,1,8-9H2,(H,20,21)(H,22,23)/b19-10-. The van der Waals surface area contributed by atoms with Gasteiger partial charge in [-0.1, -0.05) is 24.3 Å². The number of benzene rings is 1. The van der Waals surface area contributed by atoms with Gasteiger partial charge in [0.1, 0.15) is 11.5 Å². The number of carboxylic acid groups (broad SMARTS) is 1. The fraction of sp³-hybridized carbons (Fsp3) is 0.167. The van der Waals surface area contributed by atoms with Gasteiger partial charge in [-0.2, -0.15) is 5.10 Å². The number of carbonyl (C=O) groups excluding carboxylic acids is 1. The Balaban J connectivity index is 1.60. The zero-order valence-corrected chi connectivity index (χ0v) is 12.9. The number of carbonyl (C=O) groups is 2. The van der Waals surface area contributed by atoms with Crippen LogP contribution in [0.4, 0.5) is 0 Å². The largest absolute Gasteiger partial charge is 0.478 e. The molecule has 0 bridgehead atoms. The summed E-state index contributed by atoms with van der Waals surface area (Å²) < 4.78 is 5.61. The molecule has 2 N–H and O–H groups in total. The number of hydrogen-bond donors (Lipinski definition) is 2. The van der Waals surface area contributed by atoms with Crippen LogP contribution >= 0.6 is 0 Å². The van der Waals surface area contributed by atoms with Crippen LogP contribution in [0.15, 0.2) is 58.1 Å². The van der Waals surface area contributed by atoms with Gasteiger partial charge in [0.15, 0.2) is 0 Å². The smallest absolute Gasteiger partial charge is 0.335 e.